The van der Waals surface area contributed by atoms with Crippen LogP contribution in [0.1, 0.15) is 11.1 Å². The van der Waals surface area contributed by atoms with Crippen LogP contribution in [0.5, 0.6) is 5.75 Å². The normalized spacial score (nSPS) is 10.2. The molecule has 0 atom stereocenters. The number of pyridine rings is 1. The van der Waals surface area contributed by atoms with Crippen LogP contribution in [0.15, 0.2) is 41.0 Å². The summed E-state index contributed by atoms with van der Waals surface area (Å²) >= 11 is 3.44. The van der Waals surface area contributed by atoms with Gasteiger partial charge in [-0.25, -0.2) is 4.98 Å². The second-order valence-electron chi connectivity index (χ2n) is 4.02. The summed E-state index contributed by atoms with van der Waals surface area (Å²) in [7, 11) is 1.67. The van der Waals surface area contributed by atoms with Gasteiger partial charge in [0.25, 0.3) is 0 Å². The van der Waals surface area contributed by atoms with Crippen LogP contribution in [0.4, 0.5) is 5.82 Å². The van der Waals surface area contributed by atoms with Crippen LogP contribution in [0, 0.1) is 6.92 Å². The van der Waals surface area contributed by atoms with Crippen molar-refractivity contribution < 1.29 is 4.74 Å². The number of methoxy groups -OCH3 is 1. The maximum absolute atomic E-state index is 5.19. The smallest absolute Gasteiger partial charge is 0.126 e. The highest BCUT2D eigenvalue weighted by molar-refractivity contribution is 9.10. The van der Waals surface area contributed by atoms with E-state index < -0.39 is 0 Å². The minimum absolute atomic E-state index is 0.727. The lowest BCUT2D eigenvalue weighted by atomic mass is 10.2. The van der Waals surface area contributed by atoms with Crippen LogP contribution in [0.3, 0.4) is 0 Å². The number of halogens is 1. The van der Waals surface area contributed by atoms with Crippen LogP contribution >= 0.6 is 15.9 Å². The van der Waals surface area contributed by atoms with Gasteiger partial charge in [0.1, 0.15) is 11.6 Å². The summed E-state index contributed by atoms with van der Waals surface area (Å²) in [4.78, 5) is 4.31. The Balaban J connectivity index is 2.04. The topological polar surface area (TPSA) is 34.1 Å². The quantitative estimate of drug-likeness (QED) is 0.933. The Morgan fingerprint density at radius 1 is 1.33 bits per heavy atom. The molecule has 1 aromatic carbocycles. The van der Waals surface area contributed by atoms with Crippen LogP contribution in [0.25, 0.3) is 0 Å². The van der Waals surface area contributed by atoms with Gasteiger partial charge in [-0.2, -0.15) is 0 Å². The van der Waals surface area contributed by atoms with Gasteiger partial charge < -0.3 is 10.1 Å². The van der Waals surface area contributed by atoms with E-state index in [1.54, 1.807) is 7.11 Å². The third-order valence-electron chi connectivity index (χ3n) is 2.65. The second kappa shape index (κ2) is 5.87. The average molecular weight is 307 g/mol. The summed E-state index contributed by atoms with van der Waals surface area (Å²) in [5.74, 6) is 1.74. The average Bonchev–Trinajstić information content (AvgIpc) is 2.40. The van der Waals surface area contributed by atoms with Crippen molar-refractivity contribution in [2.45, 2.75) is 13.5 Å². The molecule has 1 heterocycles. The van der Waals surface area contributed by atoms with Crippen molar-refractivity contribution in [2.24, 2.45) is 0 Å². The molecule has 0 fully saturated rings. The Labute approximate surface area is 115 Å². The van der Waals surface area contributed by atoms with Crippen molar-refractivity contribution in [3.8, 4) is 5.75 Å². The fourth-order valence-corrected chi connectivity index (χ4v) is 1.83. The van der Waals surface area contributed by atoms with Crippen LogP contribution in [-0.2, 0) is 6.54 Å². The van der Waals surface area contributed by atoms with Gasteiger partial charge in [0.2, 0.25) is 0 Å². The maximum atomic E-state index is 5.19. The SMILES string of the molecule is COc1cccc(CNc2cc(C)c(Br)cn2)c1. The molecule has 0 bridgehead atoms. The summed E-state index contributed by atoms with van der Waals surface area (Å²) in [5.41, 5.74) is 2.33. The molecular weight excluding hydrogens is 292 g/mol. The lowest BCUT2D eigenvalue weighted by molar-refractivity contribution is 0.414. The van der Waals surface area contributed by atoms with Gasteiger partial charge in [-0.1, -0.05) is 12.1 Å². The van der Waals surface area contributed by atoms with Crippen LogP contribution in [-0.4, -0.2) is 12.1 Å². The number of hydrogen-bond acceptors (Lipinski definition) is 3. The lowest BCUT2D eigenvalue weighted by Crippen LogP contribution is -2.01. The molecule has 0 aliphatic heterocycles. The fraction of sp³-hybridized carbons (Fsp3) is 0.214. The fourth-order valence-electron chi connectivity index (χ4n) is 1.61. The number of anilines is 1. The molecule has 0 saturated carbocycles. The molecule has 4 heteroatoms. The summed E-state index contributed by atoms with van der Waals surface area (Å²) in [6.45, 7) is 2.77. The number of aromatic nitrogens is 1. The summed E-state index contributed by atoms with van der Waals surface area (Å²) in [5, 5.41) is 3.29. The molecule has 0 aliphatic rings. The number of hydrogen-bond donors (Lipinski definition) is 1. The van der Waals surface area contributed by atoms with Crippen molar-refractivity contribution in [3.05, 3.63) is 52.1 Å². The van der Waals surface area contributed by atoms with Gasteiger partial charge >= 0.3 is 0 Å². The Hall–Kier alpha value is -1.55. The monoisotopic (exact) mass is 306 g/mol. The summed E-state index contributed by atoms with van der Waals surface area (Å²) in [6, 6.07) is 10.0. The first-order valence-corrected chi connectivity index (χ1v) is 6.47. The molecule has 94 valence electrons. The molecule has 2 aromatic rings. The van der Waals surface area contributed by atoms with Crippen molar-refractivity contribution in [3.63, 3.8) is 0 Å². The predicted molar refractivity (Wildman–Crippen MR) is 77.0 cm³/mol. The number of ether oxygens (including phenoxy) is 1. The zero-order chi connectivity index (χ0) is 13.0. The first-order chi connectivity index (χ1) is 8.69. The standard InChI is InChI=1S/C14H15BrN2O/c1-10-6-14(17-9-13(10)15)16-8-11-4-3-5-12(7-11)18-2/h3-7,9H,8H2,1-2H3,(H,16,17). The van der Waals surface area contributed by atoms with Gasteiger partial charge in [-0.3, -0.25) is 0 Å². The molecule has 3 nitrogen and oxygen atoms in total. The van der Waals surface area contributed by atoms with Crippen molar-refractivity contribution >= 4 is 21.7 Å². The molecule has 1 aromatic heterocycles. The third-order valence-corrected chi connectivity index (χ3v) is 3.48. The van der Waals surface area contributed by atoms with Crippen molar-refractivity contribution in [2.75, 3.05) is 12.4 Å². The van der Waals surface area contributed by atoms with Gasteiger partial charge in [-0.15, -0.1) is 0 Å². The summed E-state index contributed by atoms with van der Waals surface area (Å²) < 4.78 is 6.21. The van der Waals surface area contributed by atoms with E-state index in [4.69, 9.17) is 4.74 Å². The first-order valence-electron chi connectivity index (χ1n) is 5.68. The molecule has 0 amide bonds. The highest BCUT2D eigenvalue weighted by atomic mass is 79.9. The molecule has 0 radical (unpaired) electrons. The van der Waals surface area contributed by atoms with E-state index in [2.05, 4.69) is 32.3 Å². The predicted octanol–water partition coefficient (Wildman–Crippen LogP) is 3.77. The molecule has 2 rings (SSSR count). The minimum Gasteiger partial charge on any atom is -0.497 e. The summed E-state index contributed by atoms with van der Waals surface area (Å²) in [6.07, 6.45) is 1.81. The number of nitrogens with one attached hydrogen (secondary N) is 1. The number of rotatable bonds is 4. The van der Waals surface area contributed by atoms with E-state index in [0.717, 1.165) is 33.7 Å². The molecule has 0 spiro atoms. The van der Waals surface area contributed by atoms with Gasteiger partial charge in [-0.05, 0) is 52.2 Å². The van der Waals surface area contributed by atoms with Gasteiger partial charge in [0.15, 0.2) is 0 Å². The first kappa shape index (κ1) is 12.9. The van der Waals surface area contributed by atoms with Crippen LogP contribution in [0.2, 0.25) is 0 Å². The molecule has 0 saturated heterocycles. The van der Waals surface area contributed by atoms with Gasteiger partial charge in [0, 0.05) is 17.2 Å². The number of benzene rings is 1. The van der Waals surface area contributed by atoms with Gasteiger partial charge in [0.05, 0.1) is 7.11 Å². The highest BCUT2D eigenvalue weighted by Crippen LogP contribution is 2.18. The van der Waals surface area contributed by atoms with Crippen molar-refractivity contribution in [1.29, 1.82) is 0 Å². The van der Waals surface area contributed by atoms with E-state index in [9.17, 15) is 0 Å². The van der Waals surface area contributed by atoms with Crippen molar-refractivity contribution in [1.82, 2.24) is 4.98 Å². The molecule has 18 heavy (non-hydrogen) atoms. The lowest BCUT2D eigenvalue weighted by Gasteiger charge is -2.08. The Bertz CT molecular complexity index is 543. The van der Waals surface area contributed by atoms with E-state index in [1.165, 1.54) is 0 Å². The Morgan fingerprint density at radius 2 is 2.17 bits per heavy atom. The Morgan fingerprint density at radius 3 is 2.89 bits per heavy atom. The number of nitrogens with zero attached hydrogens (tertiary/aromatic N) is 1. The second-order valence-corrected chi connectivity index (χ2v) is 4.88. The highest BCUT2D eigenvalue weighted by Gasteiger charge is 2.00. The van der Waals surface area contributed by atoms with E-state index in [-0.39, 0.29) is 0 Å². The van der Waals surface area contributed by atoms with E-state index in [1.807, 2.05) is 37.4 Å². The zero-order valence-electron chi connectivity index (χ0n) is 10.4. The molecule has 0 unspecified atom stereocenters. The van der Waals surface area contributed by atoms with Crippen LogP contribution < -0.4 is 10.1 Å². The molecular formula is C14H15BrN2O. The maximum Gasteiger partial charge on any atom is 0.126 e. The largest absolute Gasteiger partial charge is 0.497 e. The van der Waals surface area contributed by atoms with E-state index in [0.29, 0.717) is 0 Å². The Kier molecular flexibility index (Phi) is 4.20. The zero-order valence-corrected chi connectivity index (χ0v) is 12.0. The molecule has 1 N–H and O–H groups in total. The minimum atomic E-state index is 0.727. The van der Waals surface area contributed by atoms with E-state index >= 15 is 0 Å². The third kappa shape index (κ3) is 3.23. The number of aryl methyl sites for hydroxylation is 1. The molecule has 0 aliphatic carbocycles.